The summed E-state index contributed by atoms with van der Waals surface area (Å²) < 4.78 is 4.58. The van der Waals surface area contributed by atoms with Gasteiger partial charge in [-0.1, -0.05) is 121 Å². The van der Waals surface area contributed by atoms with E-state index in [0.29, 0.717) is 17.6 Å². The number of pyridine rings is 1. The van der Waals surface area contributed by atoms with Crippen molar-refractivity contribution in [1.82, 2.24) is 23.9 Å². The van der Waals surface area contributed by atoms with E-state index in [4.69, 9.17) is 15.0 Å². The lowest BCUT2D eigenvalue weighted by atomic mass is 10.1. The highest BCUT2D eigenvalue weighted by Crippen LogP contribution is 2.39. The highest BCUT2D eigenvalue weighted by atomic mass is 15.2. The van der Waals surface area contributed by atoms with Crippen LogP contribution < -0.4 is 0 Å². The van der Waals surface area contributed by atoms with E-state index in [2.05, 4.69) is 87.8 Å². The standard InChI is InChI=1S/C37H23N5/c1-3-13-24(14-4-1)34-38-35(25-15-5-2-6-16-25)40-37(39-34)42-32-22-12-10-20-29(32)30-23-33-28-19-8-7-17-26(28)27-18-9-11-21-31(27)41(33)36(30)42/h1-23H. The van der Waals surface area contributed by atoms with Crippen molar-refractivity contribution >= 4 is 49.1 Å². The molecule has 9 aromatic rings. The maximum atomic E-state index is 5.13. The van der Waals surface area contributed by atoms with Crippen molar-refractivity contribution in [3.63, 3.8) is 0 Å². The summed E-state index contributed by atoms with van der Waals surface area (Å²) >= 11 is 0. The van der Waals surface area contributed by atoms with Crippen LogP contribution >= 0.6 is 0 Å². The van der Waals surface area contributed by atoms with E-state index in [1.165, 1.54) is 16.2 Å². The van der Waals surface area contributed by atoms with Gasteiger partial charge in [0.05, 0.1) is 16.6 Å². The quantitative estimate of drug-likeness (QED) is 0.212. The molecule has 0 unspecified atom stereocenters. The number of fused-ring (bicyclic) bond motifs is 10. The zero-order chi connectivity index (χ0) is 27.6. The topological polar surface area (TPSA) is 48.0 Å². The second kappa shape index (κ2) is 8.85. The number of hydrogen-bond donors (Lipinski definition) is 0. The second-order valence-corrected chi connectivity index (χ2v) is 10.5. The van der Waals surface area contributed by atoms with Crippen LogP contribution in [0, 0.1) is 0 Å². The molecule has 0 saturated carbocycles. The van der Waals surface area contributed by atoms with E-state index in [1.54, 1.807) is 0 Å². The summed E-state index contributed by atoms with van der Waals surface area (Å²) in [7, 11) is 0. The van der Waals surface area contributed by atoms with E-state index < -0.39 is 0 Å². The van der Waals surface area contributed by atoms with E-state index in [1.807, 2.05) is 60.7 Å². The molecule has 0 N–H and O–H groups in total. The zero-order valence-electron chi connectivity index (χ0n) is 22.5. The van der Waals surface area contributed by atoms with Crippen molar-refractivity contribution in [2.75, 3.05) is 0 Å². The van der Waals surface area contributed by atoms with Gasteiger partial charge in [0.1, 0.15) is 5.65 Å². The van der Waals surface area contributed by atoms with Crippen LogP contribution in [0.25, 0.3) is 77.9 Å². The van der Waals surface area contributed by atoms with E-state index in [0.717, 1.165) is 44.1 Å². The Balaban J connectivity index is 1.48. The van der Waals surface area contributed by atoms with Crippen LogP contribution in [-0.2, 0) is 0 Å². The Bertz CT molecular complexity index is 2400. The molecule has 0 amide bonds. The first-order valence-corrected chi connectivity index (χ1v) is 14.1. The van der Waals surface area contributed by atoms with Crippen LogP contribution in [0.5, 0.6) is 0 Å². The number of benzene rings is 5. The van der Waals surface area contributed by atoms with Gasteiger partial charge >= 0.3 is 0 Å². The fraction of sp³-hybridized carbons (Fsp3) is 0. The average molecular weight is 538 g/mol. The van der Waals surface area contributed by atoms with E-state index in [-0.39, 0.29) is 0 Å². The van der Waals surface area contributed by atoms with Crippen LogP contribution in [0.1, 0.15) is 0 Å². The molecule has 4 aromatic heterocycles. The predicted molar refractivity (Wildman–Crippen MR) is 171 cm³/mol. The van der Waals surface area contributed by atoms with Crippen molar-refractivity contribution in [3.05, 3.63) is 140 Å². The van der Waals surface area contributed by atoms with Crippen molar-refractivity contribution in [2.45, 2.75) is 0 Å². The molecule has 0 spiro atoms. The second-order valence-electron chi connectivity index (χ2n) is 10.5. The molecule has 0 aliphatic rings. The summed E-state index contributed by atoms with van der Waals surface area (Å²) in [6.07, 6.45) is 0. The van der Waals surface area contributed by atoms with Gasteiger partial charge in [-0.15, -0.1) is 0 Å². The lowest BCUT2D eigenvalue weighted by Crippen LogP contribution is -2.07. The Morgan fingerprint density at radius 1 is 0.381 bits per heavy atom. The number of para-hydroxylation sites is 2. The first kappa shape index (κ1) is 22.9. The molecule has 5 aromatic carbocycles. The fourth-order valence-electron chi connectivity index (χ4n) is 6.31. The largest absolute Gasteiger partial charge is 0.294 e. The van der Waals surface area contributed by atoms with E-state index >= 15 is 0 Å². The molecule has 9 rings (SSSR count). The molecule has 0 radical (unpaired) electrons. The minimum Gasteiger partial charge on any atom is -0.294 e. The third-order valence-electron chi connectivity index (χ3n) is 8.15. The summed E-state index contributed by atoms with van der Waals surface area (Å²) in [5.41, 5.74) is 6.29. The van der Waals surface area contributed by atoms with Crippen LogP contribution in [0.15, 0.2) is 140 Å². The third kappa shape index (κ3) is 3.28. The van der Waals surface area contributed by atoms with Crippen LogP contribution in [0.4, 0.5) is 0 Å². The molecule has 0 fully saturated rings. The van der Waals surface area contributed by atoms with E-state index in [9.17, 15) is 0 Å². The molecule has 0 atom stereocenters. The number of hydrogen-bond acceptors (Lipinski definition) is 3. The third-order valence-corrected chi connectivity index (χ3v) is 8.15. The smallest absolute Gasteiger partial charge is 0.239 e. The first-order chi connectivity index (χ1) is 20.8. The minimum atomic E-state index is 0.589. The summed E-state index contributed by atoms with van der Waals surface area (Å²) in [6.45, 7) is 0. The summed E-state index contributed by atoms with van der Waals surface area (Å²) in [5, 5.41) is 5.99. The summed E-state index contributed by atoms with van der Waals surface area (Å²) in [5.74, 6) is 1.87. The SMILES string of the molecule is c1ccc(-c2nc(-c3ccccc3)nc(-n3c4ccccc4c4cc5c6ccccc6c6ccccc6n5c43)n2)cc1. The Morgan fingerprint density at radius 3 is 1.48 bits per heavy atom. The van der Waals surface area contributed by atoms with Gasteiger partial charge in [-0.05, 0) is 23.6 Å². The van der Waals surface area contributed by atoms with Gasteiger partial charge in [0.25, 0.3) is 0 Å². The molecule has 5 nitrogen and oxygen atoms in total. The van der Waals surface area contributed by atoms with Gasteiger partial charge in [-0.25, -0.2) is 4.98 Å². The summed E-state index contributed by atoms with van der Waals surface area (Å²) in [4.78, 5) is 15.2. The molecule has 0 bridgehead atoms. The van der Waals surface area contributed by atoms with Crippen LogP contribution in [-0.4, -0.2) is 23.9 Å². The van der Waals surface area contributed by atoms with Crippen LogP contribution in [0.2, 0.25) is 0 Å². The molecule has 5 heteroatoms. The lowest BCUT2D eigenvalue weighted by molar-refractivity contribution is 0.942. The van der Waals surface area contributed by atoms with Gasteiger partial charge in [-0.2, -0.15) is 9.97 Å². The van der Waals surface area contributed by atoms with Gasteiger partial charge in [0, 0.05) is 32.7 Å². The minimum absolute atomic E-state index is 0.589. The lowest BCUT2D eigenvalue weighted by Gasteiger charge is -2.13. The molecule has 0 aliphatic heterocycles. The predicted octanol–water partition coefficient (Wildman–Crippen LogP) is 8.86. The molecule has 196 valence electrons. The monoisotopic (exact) mass is 537 g/mol. The molecule has 0 aliphatic carbocycles. The maximum Gasteiger partial charge on any atom is 0.239 e. The van der Waals surface area contributed by atoms with Crippen molar-refractivity contribution in [3.8, 4) is 28.7 Å². The average Bonchev–Trinajstić information content (AvgIpc) is 3.61. The molecular weight excluding hydrogens is 514 g/mol. The Kier molecular flexibility index (Phi) is 4.83. The zero-order valence-corrected chi connectivity index (χ0v) is 22.5. The maximum absolute atomic E-state index is 5.13. The van der Waals surface area contributed by atoms with Gasteiger partial charge < -0.3 is 0 Å². The normalized spacial score (nSPS) is 11.8. The van der Waals surface area contributed by atoms with Gasteiger partial charge in [-0.3, -0.25) is 8.97 Å². The molecule has 42 heavy (non-hydrogen) atoms. The molecular formula is C37H23N5. The van der Waals surface area contributed by atoms with Crippen LogP contribution in [0.3, 0.4) is 0 Å². The molecule has 0 saturated heterocycles. The van der Waals surface area contributed by atoms with Crippen molar-refractivity contribution < 1.29 is 0 Å². The van der Waals surface area contributed by atoms with Gasteiger partial charge in [0.2, 0.25) is 5.95 Å². The fourth-order valence-corrected chi connectivity index (χ4v) is 6.31. The first-order valence-electron chi connectivity index (χ1n) is 14.1. The number of rotatable bonds is 3. The number of aromatic nitrogens is 5. The van der Waals surface area contributed by atoms with Gasteiger partial charge in [0.15, 0.2) is 11.6 Å². The Hall–Kier alpha value is -5.81. The molecule has 4 heterocycles. The highest BCUT2D eigenvalue weighted by molar-refractivity contribution is 6.19. The Labute approximate surface area is 241 Å². The summed E-state index contributed by atoms with van der Waals surface area (Å²) in [6, 6.07) is 48.4. The highest BCUT2D eigenvalue weighted by Gasteiger charge is 2.22. The van der Waals surface area contributed by atoms with Crippen molar-refractivity contribution in [1.29, 1.82) is 0 Å². The number of nitrogens with zero attached hydrogens (tertiary/aromatic N) is 5. The van der Waals surface area contributed by atoms with Crippen molar-refractivity contribution in [2.24, 2.45) is 0 Å². The Morgan fingerprint density at radius 2 is 0.857 bits per heavy atom.